The van der Waals surface area contributed by atoms with Crippen LogP contribution in [0.2, 0.25) is 5.02 Å². The lowest BCUT2D eigenvalue weighted by molar-refractivity contribution is 0.0690. The highest BCUT2D eigenvalue weighted by Gasteiger charge is 2.09. The molecule has 2 aromatic rings. The molecule has 0 fully saturated rings. The minimum Gasteiger partial charge on any atom is -0.476 e. The number of fused-ring (bicyclic) bond motifs is 1. The first-order chi connectivity index (χ1) is 6.58. The molecule has 5 heteroatoms. The number of carboxylic acids is 1. The Hall–Kier alpha value is -1.55. The Morgan fingerprint density at radius 3 is 2.93 bits per heavy atom. The molecule has 0 aliphatic rings. The zero-order valence-electron chi connectivity index (χ0n) is 7.36. The quantitative estimate of drug-likeness (QED) is 0.783. The Morgan fingerprint density at radius 1 is 1.57 bits per heavy atom. The number of aromatic carboxylic acids is 1. The van der Waals surface area contributed by atoms with Crippen LogP contribution in [0.15, 0.2) is 18.3 Å². The molecule has 0 radical (unpaired) electrons. The zero-order valence-corrected chi connectivity index (χ0v) is 8.12. The second kappa shape index (κ2) is 2.99. The Morgan fingerprint density at radius 2 is 2.29 bits per heavy atom. The van der Waals surface area contributed by atoms with E-state index in [0.29, 0.717) is 10.5 Å². The van der Waals surface area contributed by atoms with E-state index in [1.165, 1.54) is 10.6 Å². The second-order valence-corrected chi connectivity index (χ2v) is 3.42. The van der Waals surface area contributed by atoms with Gasteiger partial charge in [0.2, 0.25) is 0 Å². The summed E-state index contributed by atoms with van der Waals surface area (Å²) in [5.74, 6) is -1.04. The highest BCUT2D eigenvalue weighted by Crippen LogP contribution is 2.18. The van der Waals surface area contributed by atoms with Crippen LogP contribution in [0.3, 0.4) is 0 Å². The predicted molar refractivity (Wildman–Crippen MR) is 51.9 cm³/mol. The highest BCUT2D eigenvalue weighted by molar-refractivity contribution is 6.31. The maximum Gasteiger partial charge on any atom is 0.356 e. The molecule has 2 heterocycles. The van der Waals surface area contributed by atoms with Crippen molar-refractivity contribution in [2.45, 2.75) is 6.92 Å². The molecule has 0 bridgehead atoms. The zero-order chi connectivity index (χ0) is 10.3. The lowest BCUT2D eigenvalue weighted by atomic mass is 10.3. The van der Waals surface area contributed by atoms with Gasteiger partial charge in [-0.3, -0.25) is 0 Å². The average Bonchev–Trinajstić information content (AvgIpc) is 2.48. The number of aryl methyl sites for hydroxylation is 1. The third-order valence-corrected chi connectivity index (χ3v) is 2.36. The number of halogens is 1. The standard InChI is InChI=1S/C9H7ClN2O2/c1-5-4-12-6(2-7(5)10)3-8(11-12)9(13)14/h2-4H,1H3,(H,13,14). The molecular formula is C9H7ClN2O2. The first-order valence-electron chi connectivity index (χ1n) is 3.97. The minimum absolute atomic E-state index is 0.0201. The van der Waals surface area contributed by atoms with Gasteiger partial charge in [0, 0.05) is 11.2 Å². The van der Waals surface area contributed by atoms with Gasteiger partial charge >= 0.3 is 5.97 Å². The lowest BCUT2D eigenvalue weighted by Gasteiger charge is -1.97. The van der Waals surface area contributed by atoms with Crippen molar-refractivity contribution in [3.05, 3.63) is 34.6 Å². The number of hydrogen-bond acceptors (Lipinski definition) is 2. The SMILES string of the molecule is Cc1cn2nc(C(=O)O)cc2cc1Cl. The van der Waals surface area contributed by atoms with E-state index in [4.69, 9.17) is 16.7 Å². The summed E-state index contributed by atoms with van der Waals surface area (Å²) in [4.78, 5) is 10.6. The molecular weight excluding hydrogens is 204 g/mol. The molecule has 14 heavy (non-hydrogen) atoms. The van der Waals surface area contributed by atoms with Crippen molar-refractivity contribution >= 4 is 23.1 Å². The fourth-order valence-corrected chi connectivity index (χ4v) is 1.37. The van der Waals surface area contributed by atoms with Gasteiger partial charge in [0.25, 0.3) is 0 Å². The number of nitrogens with zero attached hydrogens (tertiary/aromatic N) is 2. The molecule has 2 aromatic heterocycles. The molecule has 0 aliphatic carbocycles. The van der Waals surface area contributed by atoms with Crippen LogP contribution in [0.4, 0.5) is 0 Å². The van der Waals surface area contributed by atoms with E-state index in [0.717, 1.165) is 5.56 Å². The molecule has 2 rings (SSSR count). The molecule has 0 aromatic carbocycles. The molecule has 0 saturated heterocycles. The van der Waals surface area contributed by atoms with Gasteiger partial charge in [-0.2, -0.15) is 5.10 Å². The van der Waals surface area contributed by atoms with Crippen LogP contribution in [0.25, 0.3) is 5.52 Å². The van der Waals surface area contributed by atoms with Gasteiger partial charge in [-0.25, -0.2) is 9.31 Å². The van der Waals surface area contributed by atoms with Crippen molar-refractivity contribution in [2.75, 3.05) is 0 Å². The van der Waals surface area contributed by atoms with Gasteiger partial charge in [-0.15, -0.1) is 0 Å². The van der Waals surface area contributed by atoms with Crippen LogP contribution in [-0.4, -0.2) is 20.7 Å². The molecule has 0 atom stereocenters. The number of aromatic nitrogens is 2. The van der Waals surface area contributed by atoms with Gasteiger partial charge in [0.05, 0.1) is 5.52 Å². The average molecular weight is 211 g/mol. The normalized spacial score (nSPS) is 10.7. The fraction of sp³-hybridized carbons (Fsp3) is 0.111. The first kappa shape index (κ1) is 9.02. The van der Waals surface area contributed by atoms with Gasteiger partial charge in [0.1, 0.15) is 0 Å². The largest absolute Gasteiger partial charge is 0.476 e. The smallest absolute Gasteiger partial charge is 0.356 e. The summed E-state index contributed by atoms with van der Waals surface area (Å²) >= 11 is 5.89. The van der Waals surface area contributed by atoms with E-state index in [2.05, 4.69) is 5.10 Å². The summed E-state index contributed by atoms with van der Waals surface area (Å²) in [5.41, 5.74) is 1.56. The summed E-state index contributed by atoms with van der Waals surface area (Å²) in [6, 6.07) is 3.17. The first-order valence-corrected chi connectivity index (χ1v) is 4.34. The van der Waals surface area contributed by atoms with Gasteiger partial charge < -0.3 is 5.11 Å². The van der Waals surface area contributed by atoms with Crippen molar-refractivity contribution in [2.24, 2.45) is 0 Å². The molecule has 0 unspecified atom stereocenters. The Balaban J connectivity index is 2.72. The fourth-order valence-electron chi connectivity index (χ4n) is 1.21. The van der Waals surface area contributed by atoms with Crippen LogP contribution in [0.5, 0.6) is 0 Å². The van der Waals surface area contributed by atoms with E-state index in [-0.39, 0.29) is 5.69 Å². The summed E-state index contributed by atoms with van der Waals surface area (Å²) in [7, 11) is 0. The Bertz CT molecular complexity index is 480. The van der Waals surface area contributed by atoms with E-state index in [1.54, 1.807) is 12.3 Å². The van der Waals surface area contributed by atoms with Crippen molar-refractivity contribution in [1.29, 1.82) is 0 Å². The van der Waals surface area contributed by atoms with Crippen LogP contribution in [-0.2, 0) is 0 Å². The summed E-state index contributed by atoms with van der Waals surface area (Å²) in [5, 5.41) is 13.2. The topological polar surface area (TPSA) is 54.6 Å². The van der Waals surface area contributed by atoms with Crippen LogP contribution < -0.4 is 0 Å². The predicted octanol–water partition coefficient (Wildman–Crippen LogP) is 1.99. The number of pyridine rings is 1. The van der Waals surface area contributed by atoms with Gasteiger partial charge in [-0.05, 0) is 24.6 Å². The van der Waals surface area contributed by atoms with Crippen molar-refractivity contribution < 1.29 is 9.90 Å². The van der Waals surface area contributed by atoms with Crippen LogP contribution in [0, 0.1) is 6.92 Å². The Kier molecular flexibility index (Phi) is 1.93. The molecule has 4 nitrogen and oxygen atoms in total. The van der Waals surface area contributed by atoms with E-state index >= 15 is 0 Å². The Labute approximate surface area is 84.7 Å². The third kappa shape index (κ3) is 1.33. The molecule has 0 spiro atoms. The highest BCUT2D eigenvalue weighted by atomic mass is 35.5. The molecule has 0 amide bonds. The monoisotopic (exact) mass is 210 g/mol. The van der Waals surface area contributed by atoms with Crippen LogP contribution in [0.1, 0.15) is 16.1 Å². The maximum absolute atomic E-state index is 10.6. The number of rotatable bonds is 1. The summed E-state index contributed by atoms with van der Waals surface area (Å²) < 4.78 is 1.50. The number of hydrogen-bond donors (Lipinski definition) is 1. The second-order valence-electron chi connectivity index (χ2n) is 3.01. The molecule has 0 aliphatic heterocycles. The molecule has 1 N–H and O–H groups in total. The van der Waals surface area contributed by atoms with Crippen molar-refractivity contribution in [3.8, 4) is 0 Å². The van der Waals surface area contributed by atoms with Crippen molar-refractivity contribution in [3.63, 3.8) is 0 Å². The van der Waals surface area contributed by atoms with E-state index < -0.39 is 5.97 Å². The van der Waals surface area contributed by atoms with E-state index in [1.807, 2.05) is 6.92 Å². The molecule has 0 saturated carbocycles. The third-order valence-electron chi connectivity index (χ3n) is 1.95. The minimum atomic E-state index is -1.04. The molecule has 72 valence electrons. The van der Waals surface area contributed by atoms with Crippen LogP contribution >= 0.6 is 11.6 Å². The van der Waals surface area contributed by atoms with E-state index in [9.17, 15) is 4.79 Å². The number of carbonyl (C=O) groups is 1. The van der Waals surface area contributed by atoms with Gasteiger partial charge in [0.15, 0.2) is 5.69 Å². The lowest BCUT2D eigenvalue weighted by Crippen LogP contribution is -1.97. The van der Waals surface area contributed by atoms with Crippen molar-refractivity contribution in [1.82, 2.24) is 9.61 Å². The summed E-state index contributed by atoms with van der Waals surface area (Å²) in [6.07, 6.45) is 1.70. The summed E-state index contributed by atoms with van der Waals surface area (Å²) in [6.45, 7) is 1.84. The van der Waals surface area contributed by atoms with Gasteiger partial charge in [-0.1, -0.05) is 11.6 Å². The number of carboxylic acid groups (broad SMARTS) is 1. The maximum atomic E-state index is 10.6.